The van der Waals surface area contributed by atoms with Crippen molar-refractivity contribution in [3.05, 3.63) is 53.1 Å². The number of anilines is 3. The summed E-state index contributed by atoms with van der Waals surface area (Å²) in [6, 6.07) is 14.4. The third-order valence-corrected chi connectivity index (χ3v) is 3.94. The minimum atomic E-state index is 0.697. The zero-order chi connectivity index (χ0) is 14.1. The van der Waals surface area contributed by atoms with Gasteiger partial charge in [0.05, 0.1) is 23.0 Å². The SMILES string of the molecule is Cc1cccc(N2CCNc3ccc(C#N)cc32)c1C. The van der Waals surface area contributed by atoms with Gasteiger partial charge in [0.15, 0.2) is 0 Å². The fraction of sp³-hybridized carbons (Fsp3) is 0.235. The van der Waals surface area contributed by atoms with Gasteiger partial charge in [0.1, 0.15) is 0 Å². The van der Waals surface area contributed by atoms with Crippen LogP contribution in [0, 0.1) is 25.2 Å². The highest BCUT2D eigenvalue weighted by Crippen LogP contribution is 2.37. The summed E-state index contributed by atoms with van der Waals surface area (Å²) in [6.45, 7) is 6.10. The van der Waals surface area contributed by atoms with E-state index >= 15 is 0 Å². The Balaban J connectivity index is 2.14. The second-order valence-electron chi connectivity index (χ2n) is 5.14. The fourth-order valence-corrected chi connectivity index (χ4v) is 2.68. The number of nitrogens with one attached hydrogen (secondary N) is 1. The Kier molecular flexibility index (Phi) is 3.08. The molecule has 0 radical (unpaired) electrons. The Labute approximate surface area is 119 Å². The van der Waals surface area contributed by atoms with Crippen LogP contribution in [-0.2, 0) is 0 Å². The average molecular weight is 263 g/mol. The first kappa shape index (κ1) is 12.6. The fourth-order valence-electron chi connectivity index (χ4n) is 2.68. The molecule has 0 saturated heterocycles. The Morgan fingerprint density at radius 1 is 1.15 bits per heavy atom. The van der Waals surface area contributed by atoms with E-state index in [0.29, 0.717) is 5.56 Å². The summed E-state index contributed by atoms with van der Waals surface area (Å²) in [5.74, 6) is 0. The number of nitriles is 1. The molecule has 3 heteroatoms. The molecule has 0 unspecified atom stereocenters. The molecule has 3 rings (SSSR count). The highest BCUT2D eigenvalue weighted by molar-refractivity contribution is 5.81. The first-order valence-electron chi connectivity index (χ1n) is 6.82. The Hall–Kier alpha value is -2.47. The van der Waals surface area contributed by atoms with Crippen LogP contribution < -0.4 is 10.2 Å². The lowest BCUT2D eigenvalue weighted by molar-refractivity contribution is 0.921. The van der Waals surface area contributed by atoms with Gasteiger partial charge in [-0.1, -0.05) is 12.1 Å². The molecule has 3 nitrogen and oxygen atoms in total. The van der Waals surface area contributed by atoms with E-state index < -0.39 is 0 Å². The number of nitrogens with zero attached hydrogens (tertiary/aromatic N) is 2. The van der Waals surface area contributed by atoms with E-state index in [9.17, 15) is 0 Å². The molecule has 1 aliphatic heterocycles. The Morgan fingerprint density at radius 2 is 2.00 bits per heavy atom. The molecule has 0 aliphatic carbocycles. The molecule has 100 valence electrons. The molecule has 0 spiro atoms. The smallest absolute Gasteiger partial charge is 0.0992 e. The van der Waals surface area contributed by atoms with Gasteiger partial charge < -0.3 is 10.2 Å². The largest absolute Gasteiger partial charge is 0.382 e. The van der Waals surface area contributed by atoms with Crippen LogP contribution in [-0.4, -0.2) is 13.1 Å². The minimum absolute atomic E-state index is 0.697. The van der Waals surface area contributed by atoms with Crippen molar-refractivity contribution in [2.45, 2.75) is 13.8 Å². The van der Waals surface area contributed by atoms with Gasteiger partial charge in [-0.25, -0.2) is 0 Å². The van der Waals surface area contributed by atoms with Gasteiger partial charge in [0.2, 0.25) is 0 Å². The lowest BCUT2D eigenvalue weighted by Gasteiger charge is -2.33. The monoisotopic (exact) mass is 263 g/mol. The molecule has 1 N–H and O–H groups in total. The number of benzene rings is 2. The first-order chi connectivity index (χ1) is 9.70. The second kappa shape index (κ2) is 4.90. The third-order valence-electron chi connectivity index (χ3n) is 3.94. The van der Waals surface area contributed by atoms with E-state index in [2.05, 4.69) is 48.3 Å². The molecule has 1 aliphatic rings. The summed E-state index contributed by atoms with van der Waals surface area (Å²) < 4.78 is 0. The normalized spacial score (nSPS) is 13.3. The van der Waals surface area contributed by atoms with Gasteiger partial charge in [0, 0.05) is 18.8 Å². The van der Waals surface area contributed by atoms with Crippen molar-refractivity contribution in [2.24, 2.45) is 0 Å². The van der Waals surface area contributed by atoms with E-state index in [-0.39, 0.29) is 0 Å². The summed E-state index contributed by atoms with van der Waals surface area (Å²) in [5.41, 5.74) is 6.69. The molecule has 0 saturated carbocycles. The lowest BCUT2D eigenvalue weighted by atomic mass is 10.0. The zero-order valence-electron chi connectivity index (χ0n) is 11.8. The third kappa shape index (κ3) is 2.00. The van der Waals surface area contributed by atoms with Gasteiger partial charge in [0.25, 0.3) is 0 Å². The molecule has 20 heavy (non-hydrogen) atoms. The Bertz CT molecular complexity index is 698. The zero-order valence-corrected chi connectivity index (χ0v) is 11.8. The second-order valence-corrected chi connectivity index (χ2v) is 5.14. The van der Waals surface area contributed by atoms with E-state index in [1.54, 1.807) is 0 Å². The standard InChI is InChI=1S/C17H17N3/c1-12-4-3-5-16(13(12)2)20-9-8-19-15-7-6-14(11-18)10-17(15)20/h3-7,10,19H,8-9H2,1-2H3. The molecule has 1 heterocycles. The van der Waals surface area contributed by atoms with Crippen molar-refractivity contribution in [3.63, 3.8) is 0 Å². The van der Waals surface area contributed by atoms with E-state index in [4.69, 9.17) is 5.26 Å². The molecular formula is C17H17N3. The number of fused-ring (bicyclic) bond motifs is 1. The van der Waals surface area contributed by atoms with Crippen molar-refractivity contribution in [3.8, 4) is 6.07 Å². The van der Waals surface area contributed by atoms with Crippen LogP contribution in [0.25, 0.3) is 0 Å². The van der Waals surface area contributed by atoms with Crippen LogP contribution in [0.4, 0.5) is 17.1 Å². The van der Waals surface area contributed by atoms with Crippen LogP contribution in [0.3, 0.4) is 0 Å². The quantitative estimate of drug-likeness (QED) is 0.852. The van der Waals surface area contributed by atoms with Gasteiger partial charge >= 0.3 is 0 Å². The predicted molar refractivity (Wildman–Crippen MR) is 82.6 cm³/mol. The number of hydrogen-bond donors (Lipinski definition) is 1. The van der Waals surface area contributed by atoms with Crippen LogP contribution >= 0.6 is 0 Å². The summed E-state index contributed by atoms with van der Waals surface area (Å²) in [6.07, 6.45) is 0. The van der Waals surface area contributed by atoms with Gasteiger partial charge in [-0.05, 0) is 49.2 Å². The summed E-state index contributed by atoms with van der Waals surface area (Å²) in [4.78, 5) is 2.30. The summed E-state index contributed by atoms with van der Waals surface area (Å²) in [5, 5.41) is 12.5. The van der Waals surface area contributed by atoms with Crippen molar-refractivity contribution < 1.29 is 0 Å². The van der Waals surface area contributed by atoms with Gasteiger partial charge in [-0.15, -0.1) is 0 Å². The molecule has 0 bridgehead atoms. The summed E-state index contributed by atoms with van der Waals surface area (Å²) >= 11 is 0. The number of aryl methyl sites for hydroxylation is 1. The predicted octanol–water partition coefficient (Wildman–Crippen LogP) is 3.74. The summed E-state index contributed by atoms with van der Waals surface area (Å²) in [7, 11) is 0. The highest BCUT2D eigenvalue weighted by atomic mass is 15.2. The van der Waals surface area contributed by atoms with Crippen molar-refractivity contribution in [1.29, 1.82) is 5.26 Å². The van der Waals surface area contributed by atoms with Gasteiger partial charge in [-0.3, -0.25) is 0 Å². The van der Waals surface area contributed by atoms with Gasteiger partial charge in [-0.2, -0.15) is 5.26 Å². The average Bonchev–Trinajstić information content (AvgIpc) is 2.49. The molecule has 2 aromatic rings. The van der Waals surface area contributed by atoms with Crippen molar-refractivity contribution in [2.75, 3.05) is 23.3 Å². The van der Waals surface area contributed by atoms with E-state index in [1.807, 2.05) is 18.2 Å². The number of hydrogen-bond acceptors (Lipinski definition) is 3. The lowest BCUT2D eigenvalue weighted by Crippen LogP contribution is -2.30. The highest BCUT2D eigenvalue weighted by Gasteiger charge is 2.20. The topological polar surface area (TPSA) is 39.1 Å². The van der Waals surface area contributed by atoms with Crippen molar-refractivity contribution in [1.82, 2.24) is 0 Å². The maximum Gasteiger partial charge on any atom is 0.0992 e. The Morgan fingerprint density at radius 3 is 2.80 bits per heavy atom. The van der Waals surface area contributed by atoms with E-state index in [1.165, 1.54) is 16.8 Å². The molecule has 2 aromatic carbocycles. The minimum Gasteiger partial charge on any atom is -0.382 e. The van der Waals surface area contributed by atoms with Crippen LogP contribution in [0.5, 0.6) is 0 Å². The van der Waals surface area contributed by atoms with Crippen molar-refractivity contribution >= 4 is 17.1 Å². The van der Waals surface area contributed by atoms with Crippen LogP contribution in [0.2, 0.25) is 0 Å². The maximum atomic E-state index is 9.11. The van der Waals surface area contributed by atoms with Crippen LogP contribution in [0.15, 0.2) is 36.4 Å². The number of rotatable bonds is 1. The maximum absolute atomic E-state index is 9.11. The molecular weight excluding hydrogens is 246 g/mol. The van der Waals surface area contributed by atoms with E-state index in [0.717, 1.165) is 24.5 Å². The molecule has 0 fully saturated rings. The molecule has 0 aromatic heterocycles. The van der Waals surface area contributed by atoms with Crippen LogP contribution in [0.1, 0.15) is 16.7 Å². The molecule has 0 atom stereocenters. The first-order valence-corrected chi connectivity index (χ1v) is 6.82. The molecule has 0 amide bonds.